The maximum Gasteiger partial charge on any atom is 0.256 e. The number of rotatable bonds is 3. The molecule has 0 aromatic heterocycles. The lowest BCUT2D eigenvalue weighted by molar-refractivity contribution is 0.102. The molecular weight excluding hydrogens is 349 g/mol. The first kappa shape index (κ1) is 14.8. The van der Waals surface area contributed by atoms with E-state index in [9.17, 15) is 9.18 Å². The number of carbonyl (C=O) groups is 1. The fourth-order valence-electron chi connectivity index (χ4n) is 1.62. The van der Waals surface area contributed by atoms with Gasteiger partial charge in [0.15, 0.2) is 0 Å². The molecule has 2 rings (SSSR count). The molecule has 20 heavy (non-hydrogen) atoms. The molecule has 0 aliphatic heterocycles. The predicted octanol–water partition coefficient (Wildman–Crippen LogP) is 4.50. The summed E-state index contributed by atoms with van der Waals surface area (Å²) in [5.74, 6) is -0.258. The Hall–Kier alpha value is -1.59. The second kappa shape index (κ2) is 6.24. The van der Waals surface area contributed by atoms with Crippen molar-refractivity contribution in [3.8, 4) is 5.75 Å². The summed E-state index contributed by atoms with van der Waals surface area (Å²) in [4.78, 5) is 12.1. The quantitative estimate of drug-likeness (QED) is 0.877. The van der Waals surface area contributed by atoms with E-state index < -0.39 is 5.82 Å². The zero-order chi connectivity index (χ0) is 14.7. The Bertz CT molecular complexity index is 664. The number of nitrogens with one attached hydrogen (secondary N) is 1. The molecule has 0 heterocycles. The van der Waals surface area contributed by atoms with Crippen LogP contribution in [0.2, 0.25) is 5.02 Å². The van der Waals surface area contributed by atoms with E-state index in [4.69, 9.17) is 16.3 Å². The summed E-state index contributed by atoms with van der Waals surface area (Å²) in [6, 6.07) is 8.75. The standard InChI is InChI=1S/C14H10BrClFNO2/c1-20-13-5-3-9(7-12(13)16)18-14(19)10-4-2-8(17)6-11(10)15/h2-7H,1H3,(H,18,19). The van der Waals surface area contributed by atoms with Crippen molar-refractivity contribution in [2.24, 2.45) is 0 Å². The summed E-state index contributed by atoms with van der Waals surface area (Å²) < 4.78 is 18.4. The topological polar surface area (TPSA) is 38.3 Å². The minimum atomic E-state index is -0.416. The van der Waals surface area contributed by atoms with Gasteiger partial charge in [0.05, 0.1) is 17.7 Å². The van der Waals surface area contributed by atoms with Crippen LogP contribution in [0.3, 0.4) is 0 Å². The average molecular weight is 359 g/mol. The van der Waals surface area contributed by atoms with Crippen molar-refractivity contribution < 1.29 is 13.9 Å². The van der Waals surface area contributed by atoms with Crippen LogP contribution in [0.5, 0.6) is 5.75 Å². The molecular formula is C14H10BrClFNO2. The number of carbonyl (C=O) groups excluding carboxylic acids is 1. The highest BCUT2D eigenvalue weighted by molar-refractivity contribution is 9.10. The molecule has 0 saturated heterocycles. The molecule has 0 spiro atoms. The lowest BCUT2D eigenvalue weighted by atomic mass is 10.2. The zero-order valence-electron chi connectivity index (χ0n) is 10.4. The number of ether oxygens (including phenoxy) is 1. The van der Waals surface area contributed by atoms with Crippen molar-refractivity contribution in [2.75, 3.05) is 12.4 Å². The molecule has 0 saturated carbocycles. The highest BCUT2D eigenvalue weighted by Gasteiger charge is 2.12. The van der Waals surface area contributed by atoms with E-state index >= 15 is 0 Å². The molecule has 1 amide bonds. The Kier molecular flexibility index (Phi) is 4.62. The van der Waals surface area contributed by atoms with Gasteiger partial charge in [-0.1, -0.05) is 11.6 Å². The van der Waals surface area contributed by atoms with Crippen LogP contribution in [-0.4, -0.2) is 13.0 Å². The molecule has 2 aromatic carbocycles. The molecule has 1 N–H and O–H groups in total. The van der Waals surface area contributed by atoms with Gasteiger partial charge < -0.3 is 10.1 Å². The van der Waals surface area contributed by atoms with E-state index in [1.165, 1.54) is 25.3 Å². The van der Waals surface area contributed by atoms with E-state index in [1.54, 1.807) is 18.2 Å². The number of methoxy groups -OCH3 is 1. The molecule has 0 fully saturated rings. The van der Waals surface area contributed by atoms with E-state index in [-0.39, 0.29) is 5.91 Å². The van der Waals surface area contributed by atoms with E-state index in [2.05, 4.69) is 21.2 Å². The third-order valence-corrected chi connectivity index (χ3v) is 3.54. The lowest BCUT2D eigenvalue weighted by Crippen LogP contribution is -2.12. The first-order valence-electron chi connectivity index (χ1n) is 5.61. The second-order valence-electron chi connectivity index (χ2n) is 3.93. The van der Waals surface area contributed by atoms with Gasteiger partial charge in [-0.2, -0.15) is 0 Å². The van der Waals surface area contributed by atoms with Gasteiger partial charge in [0.2, 0.25) is 0 Å². The molecule has 0 atom stereocenters. The van der Waals surface area contributed by atoms with Crippen LogP contribution in [0.15, 0.2) is 40.9 Å². The summed E-state index contributed by atoms with van der Waals surface area (Å²) >= 11 is 9.13. The molecule has 104 valence electrons. The summed E-state index contributed by atoms with van der Waals surface area (Å²) in [6.07, 6.45) is 0. The van der Waals surface area contributed by atoms with Crippen molar-refractivity contribution in [3.63, 3.8) is 0 Å². The fourth-order valence-corrected chi connectivity index (χ4v) is 2.40. The Morgan fingerprint density at radius 1 is 1.30 bits per heavy atom. The first-order chi connectivity index (χ1) is 9.51. The van der Waals surface area contributed by atoms with E-state index in [1.807, 2.05) is 0 Å². The van der Waals surface area contributed by atoms with E-state index in [0.29, 0.717) is 26.5 Å². The normalized spacial score (nSPS) is 10.2. The van der Waals surface area contributed by atoms with Crippen molar-refractivity contribution in [3.05, 3.63) is 57.3 Å². The maximum atomic E-state index is 13.0. The summed E-state index contributed by atoms with van der Waals surface area (Å²) in [7, 11) is 1.51. The number of hydrogen-bond acceptors (Lipinski definition) is 2. The van der Waals surface area contributed by atoms with Gasteiger partial charge in [-0.3, -0.25) is 4.79 Å². The van der Waals surface area contributed by atoms with Crippen LogP contribution in [0.25, 0.3) is 0 Å². The summed E-state index contributed by atoms with van der Waals surface area (Å²) in [5.41, 5.74) is 0.857. The Morgan fingerprint density at radius 3 is 2.65 bits per heavy atom. The van der Waals surface area contributed by atoms with Crippen molar-refractivity contribution >= 4 is 39.1 Å². The lowest BCUT2D eigenvalue weighted by Gasteiger charge is -2.09. The van der Waals surface area contributed by atoms with Crippen LogP contribution in [-0.2, 0) is 0 Å². The van der Waals surface area contributed by atoms with Gasteiger partial charge in [-0.15, -0.1) is 0 Å². The Labute approximate surface area is 128 Å². The molecule has 3 nitrogen and oxygen atoms in total. The third-order valence-electron chi connectivity index (χ3n) is 2.59. The predicted molar refractivity (Wildman–Crippen MR) is 80.1 cm³/mol. The molecule has 0 unspecified atom stereocenters. The smallest absolute Gasteiger partial charge is 0.256 e. The number of amides is 1. The van der Waals surface area contributed by atoms with Gasteiger partial charge in [0, 0.05) is 10.2 Å². The van der Waals surface area contributed by atoms with Gasteiger partial charge in [-0.25, -0.2) is 4.39 Å². The molecule has 0 aliphatic rings. The van der Waals surface area contributed by atoms with Crippen LogP contribution in [0, 0.1) is 5.82 Å². The fraction of sp³-hybridized carbons (Fsp3) is 0.0714. The van der Waals surface area contributed by atoms with Crippen molar-refractivity contribution in [1.29, 1.82) is 0 Å². The van der Waals surface area contributed by atoms with Crippen LogP contribution in [0.4, 0.5) is 10.1 Å². The maximum absolute atomic E-state index is 13.0. The van der Waals surface area contributed by atoms with Crippen molar-refractivity contribution in [2.45, 2.75) is 0 Å². The monoisotopic (exact) mass is 357 g/mol. The van der Waals surface area contributed by atoms with Crippen LogP contribution < -0.4 is 10.1 Å². The van der Waals surface area contributed by atoms with Crippen LogP contribution in [0.1, 0.15) is 10.4 Å². The third kappa shape index (κ3) is 3.29. The highest BCUT2D eigenvalue weighted by Crippen LogP contribution is 2.28. The van der Waals surface area contributed by atoms with Gasteiger partial charge in [0.25, 0.3) is 5.91 Å². The van der Waals surface area contributed by atoms with Gasteiger partial charge in [-0.05, 0) is 52.3 Å². The Balaban J connectivity index is 2.21. The van der Waals surface area contributed by atoms with Crippen molar-refractivity contribution in [1.82, 2.24) is 0 Å². The van der Waals surface area contributed by atoms with Crippen LogP contribution >= 0.6 is 27.5 Å². The SMILES string of the molecule is COc1ccc(NC(=O)c2ccc(F)cc2Br)cc1Cl. The largest absolute Gasteiger partial charge is 0.495 e. The van der Waals surface area contributed by atoms with Gasteiger partial charge >= 0.3 is 0 Å². The molecule has 0 aliphatic carbocycles. The minimum absolute atomic E-state index is 0.332. The first-order valence-corrected chi connectivity index (χ1v) is 6.78. The Morgan fingerprint density at radius 2 is 2.05 bits per heavy atom. The molecule has 2 aromatic rings. The molecule has 0 bridgehead atoms. The summed E-state index contributed by atoms with van der Waals surface area (Å²) in [6.45, 7) is 0. The number of anilines is 1. The highest BCUT2D eigenvalue weighted by atomic mass is 79.9. The molecule has 6 heteroatoms. The average Bonchev–Trinajstić information content (AvgIpc) is 2.38. The molecule has 0 radical (unpaired) electrons. The summed E-state index contributed by atoms with van der Waals surface area (Å²) in [5, 5.41) is 3.07. The van der Waals surface area contributed by atoms with E-state index in [0.717, 1.165) is 0 Å². The number of hydrogen-bond donors (Lipinski definition) is 1. The number of benzene rings is 2. The minimum Gasteiger partial charge on any atom is -0.495 e. The second-order valence-corrected chi connectivity index (χ2v) is 5.19. The zero-order valence-corrected chi connectivity index (χ0v) is 12.8. The van der Waals surface area contributed by atoms with Gasteiger partial charge in [0.1, 0.15) is 11.6 Å². The number of halogens is 3.